The molecule has 35 heavy (non-hydrogen) atoms. The third-order valence-electron chi connectivity index (χ3n) is 5.82. The van der Waals surface area contributed by atoms with Crippen molar-refractivity contribution in [3.8, 4) is 0 Å². The van der Waals surface area contributed by atoms with Crippen LogP contribution in [0.2, 0.25) is 10.0 Å². The van der Waals surface area contributed by atoms with Gasteiger partial charge in [0.05, 0.1) is 9.79 Å². The van der Waals surface area contributed by atoms with E-state index in [9.17, 15) is 21.6 Å². The Bertz CT molecular complexity index is 1280. The summed E-state index contributed by atoms with van der Waals surface area (Å²) in [6.45, 7) is -0.0432. The number of allylic oxidation sites excluding steroid dienone is 1. The van der Waals surface area contributed by atoms with E-state index in [0.29, 0.717) is 22.9 Å². The Morgan fingerprint density at radius 1 is 1.03 bits per heavy atom. The lowest BCUT2D eigenvalue weighted by Gasteiger charge is -2.24. The summed E-state index contributed by atoms with van der Waals surface area (Å²) in [5, 5.41) is 9.61. The highest BCUT2D eigenvalue weighted by atomic mass is 35.5. The Labute approximate surface area is 215 Å². The molecule has 2 aromatic carbocycles. The van der Waals surface area contributed by atoms with Crippen LogP contribution in [0.25, 0.3) is 0 Å². The number of halogens is 2. The molecule has 2 aromatic rings. The van der Waals surface area contributed by atoms with Gasteiger partial charge in [0, 0.05) is 42.1 Å². The van der Waals surface area contributed by atoms with Crippen LogP contribution in [-0.2, 0) is 24.8 Å². The normalized spacial score (nSPS) is 19.5. The fraction of sp³-hybridized carbons (Fsp3) is 0.348. The molecular weight excluding hydrogens is 535 g/mol. The number of sulfonamides is 2. The van der Waals surface area contributed by atoms with Gasteiger partial charge < -0.3 is 5.11 Å². The van der Waals surface area contributed by atoms with Gasteiger partial charge in [-0.3, -0.25) is 4.79 Å². The van der Waals surface area contributed by atoms with Crippen molar-refractivity contribution >= 4 is 49.2 Å². The molecule has 1 heterocycles. The molecule has 0 spiro atoms. The fourth-order valence-corrected chi connectivity index (χ4v) is 7.11. The molecule has 0 unspecified atom stereocenters. The van der Waals surface area contributed by atoms with Gasteiger partial charge in [-0.15, -0.1) is 0 Å². The largest absolute Gasteiger partial charge is 0.481 e. The third-order valence-corrected chi connectivity index (χ3v) is 10.2. The van der Waals surface area contributed by atoms with Gasteiger partial charge in [-0.25, -0.2) is 16.8 Å². The summed E-state index contributed by atoms with van der Waals surface area (Å²) in [5.41, 5.74) is 0. The van der Waals surface area contributed by atoms with E-state index in [-0.39, 0.29) is 29.2 Å². The molecule has 0 amide bonds. The van der Waals surface area contributed by atoms with E-state index in [0.717, 1.165) is 0 Å². The minimum absolute atomic E-state index is 0.00644. The number of nitrogens with zero attached hydrogens (tertiary/aromatic N) is 2. The monoisotopic (exact) mass is 560 g/mol. The number of likely N-dealkylation sites (N-methyl/N-ethyl adjacent to an activating group) is 1. The molecule has 1 N–H and O–H groups in total. The standard InChI is InChI=1S/C23H26Cl2N2O6S2/c1-26(34(30,31)21-11-7-17(24)8-12-21)20-15-19(5-3-2-4-6-23(28)29)27(16-20)35(32,33)22-13-9-18(25)10-14-22/h3,5,7-14,19-20H,2,4,6,15-16H2,1H3,(H,28,29)/t19-,20-/m1/s1. The molecular formula is C23H26Cl2N2O6S2. The van der Waals surface area contributed by atoms with Crippen molar-refractivity contribution in [2.24, 2.45) is 0 Å². The number of hydrogen-bond acceptors (Lipinski definition) is 5. The first-order chi connectivity index (χ1) is 16.4. The third kappa shape index (κ3) is 6.63. The lowest BCUT2D eigenvalue weighted by atomic mass is 10.1. The number of benzene rings is 2. The van der Waals surface area contributed by atoms with Gasteiger partial charge in [0.2, 0.25) is 20.0 Å². The van der Waals surface area contributed by atoms with Crippen molar-refractivity contribution in [3.63, 3.8) is 0 Å². The molecule has 3 rings (SSSR count). The minimum Gasteiger partial charge on any atom is -0.481 e. The van der Waals surface area contributed by atoms with Crippen molar-refractivity contribution in [3.05, 3.63) is 70.7 Å². The Kier molecular flexibility index (Phi) is 9.01. The van der Waals surface area contributed by atoms with E-state index in [2.05, 4.69) is 0 Å². The molecule has 1 fully saturated rings. The maximum absolute atomic E-state index is 13.4. The van der Waals surface area contributed by atoms with Crippen LogP contribution in [0, 0.1) is 0 Å². The molecule has 8 nitrogen and oxygen atoms in total. The van der Waals surface area contributed by atoms with Crippen LogP contribution in [0.5, 0.6) is 0 Å². The predicted octanol–water partition coefficient (Wildman–Crippen LogP) is 4.26. The number of carboxylic acid groups (broad SMARTS) is 1. The predicted molar refractivity (Wildman–Crippen MR) is 135 cm³/mol. The highest BCUT2D eigenvalue weighted by Gasteiger charge is 2.43. The van der Waals surface area contributed by atoms with E-state index in [1.54, 1.807) is 12.2 Å². The van der Waals surface area contributed by atoms with Crippen molar-refractivity contribution in [1.82, 2.24) is 8.61 Å². The highest BCUT2D eigenvalue weighted by Crippen LogP contribution is 2.32. The number of carboxylic acids is 1. The van der Waals surface area contributed by atoms with E-state index in [4.69, 9.17) is 28.3 Å². The van der Waals surface area contributed by atoms with Gasteiger partial charge in [-0.1, -0.05) is 35.4 Å². The quantitative estimate of drug-likeness (QED) is 0.343. The molecule has 1 saturated heterocycles. The lowest BCUT2D eigenvalue weighted by Crippen LogP contribution is -2.40. The Balaban J connectivity index is 1.88. The second kappa shape index (κ2) is 11.4. The molecule has 0 radical (unpaired) electrons. The smallest absolute Gasteiger partial charge is 0.303 e. The first-order valence-electron chi connectivity index (χ1n) is 10.8. The number of carbonyl (C=O) groups is 1. The molecule has 12 heteroatoms. The Hall–Kier alpha value is -1.95. The minimum atomic E-state index is -3.95. The van der Waals surface area contributed by atoms with E-state index >= 15 is 0 Å². The van der Waals surface area contributed by atoms with E-state index in [1.165, 1.54) is 64.2 Å². The molecule has 0 bridgehead atoms. The summed E-state index contributed by atoms with van der Waals surface area (Å²) >= 11 is 11.8. The van der Waals surface area contributed by atoms with Gasteiger partial charge in [0.1, 0.15) is 0 Å². The first kappa shape index (κ1) is 27.6. The average Bonchev–Trinajstić information content (AvgIpc) is 3.23. The number of aliphatic carboxylic acids is 1. The molecule has 2 atom stereocenters. The average molecular weight is 562 g/mol. The zero-order valence-corrected chi connectivity index (χ0v) is 22.1. The van der Waals surface area contributed by atoms with Crippen molar-refractivity contribution in [1.29, 1.82) is 0 Å². The zero-order valence-electron chi connectivity index (χ0n) is 18.9. The summed E-state index contributed by atoms with van der Waals surface area (Å²) in [6, 6.07) is 10.3. The first-order valence-corrected chi connectivity index (χ1v) is 14.5. The summed E-state index contributed by atoms with van der Waals surface area (Å²) in [5.74, 6) is -0.902. The van der Waals surface area contributed by atoms with Crippen LogP contribution >= 0.6 is 23.2 Å². The van der Waals surface area contributed by atoms with Gasteiger partial charge in [0.15, 0.2) is 0 Å². The Morgan fingerprint density at radius 2 is 1.57 bits per heavy atom. The highest BCUT2D eigenvalue weighted by molar-refractivity contribution is 7.89. The van der Waals surface area contributed by atoms with Gasteiger partial charge in [-0.2, -0.15) is 8.61 Å². The molecule has 1 aliphatic heterocycles. The van der Waals surface area contributed by atoms with Crippen LogP contribution in [-0.4, -0.2) is 62.2 Å². The second-order valence-corrected chi connectivity index (χ2v) is 12.9. The number of rotatable bonds is 10. The van der Waals surface area contributed by atoms with Crippen LogP contribution in [0.3, 0.4) is 0 Å². The Morgan fingerprint density at radius 3 is 2.11 bits per heavy atom. The summed E-state index contributed by atoms with van der Waals surface area (Å²) in [7, 11) is -6.42. The van der Waals surface area contributed by atoms with E-state index < -0.39 is 38.1 Å². The molecule has 0 aromatic heterocycles. The van der Waals surface area contributed by atoms with Crippen LogP contribution in [0.1, 0.15) is 25.7 Å². The van der Waals surface area contributed by atoms with Crippen LogP contribution in [0.4, 0.5) is 0 Å². The fourth-order valence-electron chi connectivity index (χ4n) is 3.86. The van der Waals surface area contributed by atoms with Gasteiger partial charge >= 0.3 is 5.97 Å². The van der Waals surface area contributed by atoms with Crippen molar-refractivity contribution in [2.75, 3.05) is 13.6 Å². The summed E-state index contributed by atoms with van der Waals surface area (Å²) < 4.78 is 55.8. The molecule has 0 saturated carbocycles. The second-order valence-electron chi connectivity index (χ2n) is 8.17. The van der Waals surface area contributed by atoms with Gasteiger partial charge in [-0.05, 0) is 67.8 Å². The molecule has 190 valence electrons. The topological polar surface area (TPSA) is 112 Å². The lowest BCUT2D eigenvalue weighted by molar-refractivity contribution is -0.137. The van der Waals surface area contributed by atoms with Gasteiger partial charge in [0.25, 0.3) is 0 Å². The van der Waals surface area contributed by atoms with Crippen molar-refractivity contribution in [2.45, 2.75) is 47.6 Å². The molecule has 0 aliphatic carbocycles. The molecule has 1 aliphatic rings. The number of hydrogen-bond donors (Lipinski definition) is 1. The van der Waals surface area contributed by atoms with Crippen LogP contribution < -0.4 is 0 Å². The maximum Gasteiger partial charge on any atom is 0.303 e. The van der Waals surface area contributed by atoms with E-state index in [1.807, 2.05) is 0 Å². The maximum atomic E-state index is 13.4. The summed E-state index contributed by atoms with van der Waals surface area (Å²) in [6.07, 6.45) is 4.57. The number of unbranched alkanes of at least 4 members (excludes halogenated alkanes) is 1. The van der Waals surface area contributed by atoms with Crippen LogP contribution in [0.15, 0.2) is 70.5 Å². The van der Waals surface area contributed by atoms with Crippen molar-refractivity contribution < 1.29 is 26.7 Å². The zero-order chi connectivity index (χ0) is 25.8. The SMILES string of the molecule is CN([C@@H]1C[C@@H](C=CCCCC(=O)O)N(S(=O)(=O)c2ccc(Cl)cc2)C1)S(=O)(=O)c1ccc(Cl)cc1. The summed E-state index contributed by atoms with van der Waals surface area (Å²) in [4.78, 5) is 10.9.